The van der Waals surface area contributed by atoms with Crippen molar-refractivity contribution in [3.63, 3.8) is 0 Å². The van der Waals surface area contributed by atoms with Crippen molar-refractivity contribution in [1.29, 1.82) is 0 Å². The number of hydrogen-bond acceptors (Lipinski definition) is 4. The van der Waals surface area contributed by atoms with Crippen LogP contribution in [0.25, 0.3) is 0 Å². The maximum Gasteiger partial charge on any atom is 0.193 e. The van der Waals surface area contributed by atoms with E-state index < -0.39 is 0 Å². The van der Waals surface area contributed by atoms with Crippen molar-refractivity contribution in [2.45, 2.75) is 25.4 Å². The zero-order chi connectivity index (χ0) is 15.2. The van der Waals surface area contributed by atoms with Gasteiger partial charge in [0.05, 0.1) is 11.1 Å². The van der Waals surface area contributed by atoms with Gasteiger partial charge in [0, 0.05) is 46.4 Å². The average Bonchev–Trinajstić information content (AvgIpc) is 3.11. The average molecular weight is 322 g/mol. The zero-order valence-electron chi connectivity index (χ0n) is 13.3. The number of nitrogens with zero attached hydrogens (tertiary/aromatic N) is 3. The van der Waals surface area contributed by atoms with Crippen LogP contribution in [0.5, 0.6) is 0 Å². The summed E-state index contributed by atoms with van der Waals surface area (Å²) in [5, 5.41) is 7.01. The molecule has 22 heavy (non-hydrogen) atoms. The molecule has 0 saturated carbocycles. The standard InChI is InChI=1S/C16H26N4OS/c1-17-16(18-13-14-5-2-3-11-21-14)20-9-7-19(8-10-20)15-6-4-12-22-15/h4,6,12,14H,2-3,5,7-11,13H2,1H3,(H,17,18). The fourth-order valence-corrected chi connectivity index (χ4v) is 3.88. The molecule has 6 heteroatoms. The van der Waals surface area contributed by atoms with Crippen molar-refractivity contribution < 1.29 is 4.74 Å². The van der Waals surface area contributed by atoms with Crippen LogP contribution in [0, 0.1) is 0 Å². The van der Waals surface area contributed by atoms with E-state index in [-0.39, 0.29) is 0 Å². The van der Waals surface area contributed by atoms with E-state index in [1.165, 1.54) is 17.8 Å². The van der Waals surface area contributed by atoms with Crippen LogP contribution in [0.15, 0.2) is 22.5 Å². The van der Waals surface area contributed by atoms with Gasteiger partial charge in [0.15, 0.2) is 5.96 Å². The summed E-state index contributed by atoms with van der Waals surface area (Å²) in [4.78, 5) is 9.26. The highest BCUT2D eigenvalue weighted by Crippen LogP contribution is 2.22. The van der Waals surface area contributed by atoms with Gasteiger partial charge in [-0.2, -0.15) is 0 Å². The lowest BCUT2D eigenvalue weighted by molar-refractivity contribution is 0.0191. The molecule has 3 heterocycles. The van der Waals surface area contributed by atoms with Crippen LogP contribution in [-0.2, 0) is 4.74 Å². The highest BCUT2D eigenvalue weighted by Gasteiger charge is 2.21. The molecule has 122 valence electrons. The maximum atomic E-state index is 5.78. The molecule has 5 nitrogen and oxygen atoms in total. The third-order valence-corrected chi connectivity index (χ3v) is 5.30. The van der Waals surface area contributed by atoms with Crippen LogP contribution >= 0.6 is 11.3 Å². The first kappa shape index (κ1) is 15.6. The summed E-state index contributed by atoms with van der Waals surface area (Å²) in [5.41, 5.74) is 0. The lowest BCUT2D eigenvalue weighted by Gasteiger charge is -2.37. The van der Waals surface area contributed by atoms with E-state index in [1.807, 2.05) is 18.4 Å². The fourth-order valence-electron chi connectivity index (χ4n) is 3.09. The summed E-state index contributed by atoms with van der Waals surface area (Å²) < 4.78 is 5.78. The lowest BCUT2D eigenvalue weighted by Crippen LogP contribution is -2.53. The molecule has 0 radical (unpaired) electrons. The van der Waals surface area contributed by atoms with Crippen molar-refractivity contribution in [2.24, 2.45) is 4.99 Å². The summed E-state index contributed by atoms with van der Waals surface area (Å²) in [6.45, 7) is 5.93. The first-order valence-electron chi connectivity index (χ1n) is 8.22. The van der Waals surface area contributed by atoms with Crippen molar-refractivity contribution >= 4 is 22.3 Å². The van der Waals surface area contributed by atoms with Gasteiger partial charge in [-0.3, -0.25) is 4.99 Å². The van der Waals surface area contributed by atoms with Gasteiger partial charge in [-0.05, 0) is 36.8 Å². The molecule has 3 rings (SSSR count). The highest BCUT2D eigenvalue weighted by molar-refractivity contribution is 7.14. The van der Waals surface area contributed by atoms with Crippen LogP contribution in [0.3, 0.4) is 0 Å². The molecule has 0 spiro atoms. The van der Waals surface area contributed by atoms with Gasteiger partial charge in [-0.25, -0.2) is 0 Å². The zero-order valence-corrected chi connectivity index (χ0v) is 14.1. The Labute approximate surface area is 137 Å². The van der Waals surface area contributed by atoms with Gasteiger partial charge in [0.25, 0.3) is 0 Å². The van der Waals surface area contributed by atoms with Gasteiger partial charge < -0.3 is 19.9 Å². The second-order valence-electron chi connectivity index (χ2n) is 5.84. The molecule has 1 unspecified atom stereocenters. The molecule has 0 amide bonds. The van der Waals surface area contributed by atoms with Crippen molar-refractivity contribution in [3.8, 4) is 0 Å². The van der Waals surface area contributed by atoms with Crippen LogP contribution in [0.4, 0.5) is 5.00 Å². The molecule has 0 aromatic carbocycles. The van der Waals surface area contributed by atoms with E-state index in [0.717, 1.165) is 51.7 Å². The third-order valence-electron chi connectivity index (χ3n) is 4.37. The number of hydrogen-bond donors (Lipinski definition) is 1. The minimum atomic E-state index is 0.345. The Hall–Kier alpha value is -1.27. The van der Waals surface area contributed by atoms with Crippen molar-refractivity contribution in [3.05, 3.63) is 17.5 Å². The molecule has 2 aliphatic rings. The second-order valence-corrected chi connectivity index (χ2v) is 6.77. The van der Waals surface area contributed by atoms with E-state index in [4.69, 9.17) is 4.74 Å². The normalized spacial score (nSPS) is 23.7. The van der Waals surface area contributed by atoms with E-state index >= 15 is 0 Å². The molecular weight excluding hydrogens is 296 g/mol. The number of nitrogens with one attached hydrogen (secondary N) is 1. The number of ether oxygens (including phenoxy) is 1. The Morgan fingerprint density at radius 1 is 1.36 bits per heavy atom. The van der Waals surface area contributed by atoms with Gasteiger partial charge >= 0.3 is 0 Å². The minimum absolute atomic E-state index is 0.345. The van der Waals surface area contributed by atoms with E-state index in [2.05, 4.69) is 37.6 Å². The number of guanidine groups is 1. The van der Waals surface area contributed by atoms with E-state index in [0.29, 0.717) is 6.10 Å². The Balaban J connectivity index is 1.46. The Morgan fingerprint density at radius 3 is 2.86 bits per heavy atom. The Bertz CT molecular complexity index is 463. The molecule has 2 aliphatic heterocycles. The summed E-state index contributed by atoms with van der Waals surface area (Å²) in [6.07, 6.45) is 3.99. The maximum absolute atomic E-state index is 5.78. The summed E-state index contributed by atoms with van der Waals surface area (Å²) >= 11 is 1.82. The fraction of sp³-hybridized carbons (Fsp3) is 0.688. The highest BCUT2D eigenvalue weighted by atomic mass is 32.1. The number of piperazine rings is 1. The first-order chi connectivity index (χ1) is 10.9. The third kappa shape index (κ3) is 3.93. The van der Waals surface area contributed by atoms with Gasteiger partial charge in [0.1, 0.15) is 0 Å². The topological polar surface area (TPSA) is 40.1 Å². The summed E-state index contributed by atoms with van der Waals surface area (Å²) in [7, 11) is 1.87. The molecule has 0 bridgehead atoms. The number of thiophene rings is 1. The summed E-state index contributed by atoms with van der Waals surface area (Å²) in [6, 6.07) is 4.32. The predicted octanol–water partition coefficient (Wildman–Crippen LogP) is 2.01. The van der Waals surface area contributed by atoms with Gasteiger partial charge in [-0.1, -0.05) is 0 Å². The molecule has 1 N–H and O–H groups in total. The molecule has 1 aromatic heterocycles. The molecular formula is C16H26N4OS. The molecule has 1 atom stereocenters. The predicted molar refractivity (Wildman–Crippen MR) is 93.1 cm³/mol. The first-order valence-corrected chi connectivity index (χ1v) is 9.10. The smallest absolute Gasteiger partial charge is 0.193 e. The van der Waals surface area contributed by atoms with E-state index in [9.17, 15) is 0 Å². The lowest BCUT2D eigenvalue weighted by atomic mass is 10.1. The van der Waals surface area contributed by atoms with Crippen molar-refractivity contribution in [2.75, 3.05) is 51.3 Å². The molecule has 0 aliphatic carbocycles. The second kappa shape index (κ2) is 7.83. The molecule has 2 saturated heterocycles. The van der Waals surface area contributed by atoms with Gasteiger partial charge in [-0.15, -0.1) is 11.3 Å². The number of rotatable bonds is 3. The van der Waals surface area contributed by atoms with Crippen LogP contribution < -0.4 is 10.2 Å². The largest absolute Gasteiger partial charge is 0.376 e. The Kier molecular flexibility index (Phi) is 5.56. The number of anilines is 1. The monoisotopic (exact) mass is 322 g/mol. The van der Waals surface area contributed by atoms with Crippen LogP contribution in [0.1, 0.15) is 19.3 Å². The summed E-state index contributed by atoms with van der Waals surface area (Å²) in [5.74, 6) is 1.01. The van der Waals surface area contributed by atoms with Crippen LogP contribution in [-0.4, -0.2) is 63.3 Å². The quantitative estimate of drug-likeness (QED) is 0.683. The van der Waals surface area contributed by atoms with Crippen LogP contribution in [0.2, 0.25) is 0 Å². The van der Waals surface area contributed by atoms with Crippen molar-refractivity contribution in [1.82, 2.24) is 10.2 Å². The SMILES string of the molecule is CN=C(NCC1CCCCO1)N1CCN(c2cccs2)CC1. The molecule has 2 fully saturated rings. The molecule has 1 aromatic rings. The van der Waals surface area contributed by atoms with Gasteiger partial charge in [0.2, 0.25) is 0 Å². The van der Waals surface area contributed by atoms with E-state index in [1.54, 1.807) is 0 Å². The number of aliphatic imine (C=N–C) groups is 1. The Morgan fingerprint density at radius 2 is 2.23 bits per heavy atom. The minimum Gasteiger partial charge on any atom is -0.376 e.